The van der Waals surface area contributed by atoms with E-state index in [0.29, 0.717) is 18.7 Å². The number of halogens is 1. The molecule has 0 bridgehead atoms. The molecule has 1 aromatic heterocycles. The van der Waals surface area contributed by atoms with Crippen molar-refractivity contribution in [3.8, 4) is 5.75 Å². The van der Waals surface area contributed by atoms with Crippen molar-refractivity contribution in [3.05, 3.63) is 93.2 Å². The van der Waals surface area contributed by atoms with E-state index >= 15 is 4.39 Å². The minimum atomic E-state index is -0.627. The van der Waals surface area contributed by atoms with Crippen LogP contribution in [0.5, 0.6) is 5.75 Å². The Labute approximate surface area is 195 Å². The third-order valence-electron chi connectivity index (χ3n) is 6.45. The first kappa shape index (κ1) is 20.5. The summed E-state index contributed by atoms with van der Waals surface area (Å²) >= 11 is 0.0940. The van der Waals surface area contributed by atoms with E-state index in [0.717, 1.165) is 20.9 Å². The SMILES string of the molecule is O=C1c2c(O)c(=O)ccn2N(C2c3ccccc3[Se]Cc3cccc(F)c32)C2COCCN12. The normalized spacial score (nSPS) is 21.5. The van der Waals surface area contributed by atoms with Gasteiger partial charge in [0.25, 0.3) is 0 Å². The van der Waals surface area contributed by atoms with E-state index in [9.17, 15) is 14.7 Å². The molecule has 33 heavy (non-hydrogen) atoms. The number of morpholine rings is 1. The fourth-order valence-electron chi connectivity index (χ4n) is 4.97. The Balaban J connectivity index is 1.68. The number of aromatic hydroxyl groups is 1. The van der Waals surface area contributed by atoms with Crippen LogP contribution in [-0.2, 0) is 10.1 Å². The van der Waals surface area contributed by atoms with Gasteiger partial charge in [-0.05, 0) is 0 Å². The van der Waals surface area contributed by atoms with Crippen molar-refractivity contribution in [2.45, 2.75) is 17.5 Å². The van der Waals surface area contributed by atoms with Crippen LogP contribution in [0.4, 0.5) is 4.39 Å². The molecule has 1 N–H and O–H groups in total. The summed E-state index contributed by atoms with van der Waals surface area (Å²) in [5, 5.41) is 13.2. The number of hydrogen-bond donors (Lipinski definition) is 1. The zero-order valence-corrected chi connectivity index (χ0v) is 19.2. The van der Waals surface area contributed by atoms with Gasteiger partial charge in [-0.25, -0.2) is 0 Å². The molecule has 4 heterocycles. The number of carbonyl (C=O) groups is 1. The zero-order chi connectivity index (χ0) is 22.7. The Bertz CT molecular complexity index is 1340. The third-order valence-corrected chi connectivity index (χ3v) is 8.84. The van der Waals surface area contributed by atoms with Gasteiger partial charge < -0.3 is 0 Å². The number of ether oxygens (including phenoxy) is 1. The van der Waals surface area contributed by atoms with Crippen molar-refractivity contribution >= 4 is 25.3 Å². The zero-order valence-electron chi connectivity index (χ0n) is 17.5. The van der Waals surface area contributed by atoms with Gasteiger partial charge >= 0.3 is 195 Å². The third kappa shape index (κ3) is 3.04. The van der Waals surface area contributed by atoms with Crippen LogP contribution in [0.3, 0.4) is 0 Å². The van der Waals surface area contributed by atoms with Gasteiger partial charge in [0.2, 0.25) is 0 Å². The molecule has 3 aromatic rings. The second-order valence-electron chi connectivity index (χ2n) is 8.20. The molecule has 6 rings (SSSR count). The van der Waals surface area contributed by atoms with Gasteiger partial charge in [0.05, 0.1) is 0 Å². The van der Waals surface area contributed by atoms with Gasteiger partial charge in [0, 0.05) is 0 Å². The summed E-state index contributed by atoms with van der Waals surface area (Å²) in [7, 11) is 0. The molecule has 2 aromatic carbocycles. The fourth-order valence-corrected chi connectivity index (χ4v) is 7.24. The molecule has 7 nitrogen and oxygen atoms in total. The molecular formula is C24H20FN3O4Se. The van der Waals surface area contributed by atoms with Gasteiger partial charge in [-0.1, -0.05) is 0 Å². The van der Waals surface area contributed by atoms with E-state index < -0.39 is 29.3 Å². The average molecular weight is 512 g/mol. The van der Waals surface area contributed by atoms with Crippen LogP contribution in [0.2, 0.25) is 0 Å². The van der Waals surface area contributed by atoms with Gasteiger partial charge in [-0.3, -0.25) is 0 Å². The Kier molecular flexibility index (Phi) is 4.79. The monoisotopic (exact) mass is 513 g/mol. The van der Waals surface area contributed by atoms with Crippen LogP contribution in [0.15, 0.2) is 59.5 Å². The number of fused-ring (bicyclic) bond motifs is 4. The molecule has 0 saturated carbocycles. The second kappa shape index (κ2) is 7.73. The number of carbonyl (C=O) groups excluding carboxylic acids is 1. The van der Waals surface area contributed by atoms with Crippen molar-refractivity contribution in [1.29, 1.82) is 0 Å². The first-order valence-electron chi connectivity index (χ1n) is 10.7. The molecule has 3 aliphatic rings. The standard InChI is InChI=1S/C24H20FN3O4Se/c25-16-6-3-4-14-13-33-18-7-2-1-5-15(18)21(20(14)16)28-19-12-32-11-10-26(19)24(31)22-23(30)17(29)8-9-27(22)28/h1-9,19,21,30H,10-13H2. The maximum absolute atomic E-state index is 15.5. The van der Waals surface area contributed by atoms with Crippen LogP contribution in [0.25, 0.3) is 0 Å². The number of hydrogen-bond acceptors (Lipinski definition) is 5. The molecule has 0 spiro atoms. The molecule has 0 aliphatic carbocycles. The molecule has 0 radical (unpaired) electrons. The predicted molar refractivity (Wildman–Crippen MR) is 120 cm³/mol. The van der Waals surface area contributed by atoms with Crippen LogP contribution >= 0.6 is 0 Å². The topological polar surface area (TPSA) is 75.0 Å². The van der Waals surface area contributed by atoms with E-state index in [4.69, 9.17) is 4.74 Å². The predicted octanol–water partition coefficient (Wildman–Crippen LogP) is 1.08. The summed E-state index contributed by atoms with van der Waals surface area (Å²) in [5.41, 5.74) is 1.69. The summed E-state index contributed by atoms with van der Waals surface area (Å²) < 4.78 is 24.0. The second-order valence-corrected chi connectivity index (χ2v) is 10.3. The summed E-state index contributed by atoms with van der Waals surface area (Å²) in [6, 6.07) is 13.8. The summed E-state index contributed by atoms with van der Waals surface area (Å²) in [6.45, 7) is 0.889. The van der Waals surface area contributed by atoms with Crippen LogP contribution in [-0.4, -0.2) is 61.5 Å². The van der Waals surface area contributed by atoms with Crippen molar-refractivity contribution in [2.24, 2.45) is 0 Å². The summed E-state index contributed by atoms with van der Waals surface area (Å²) in [4.78, 5) is 27.2. The Morgan fingerprint density at radius 3 is 2.82 bits per heavy atom. The molecular weight excluding hydrogens is 492 g/mol. The van der Waals surface area contributed by atoms with Crippen molar-refractivity contribution in [2.75, 3.05) is 24.8 Å². The number of benzene rings is 2. The van der Waals surface area contributed by atoms with Crippen LogP contribution < -0.4 is 14.9 Å². The van der Waals surface area contributed by atoms with E-state index in [1.165, 1.54) is 23.0 Å². The molecule has 2 atom stereocenters. The first-order valence-corrected chi connectivity index (χ1v) is 12.7. The Hall–Kier alpha value is -3.13. The number of pyridine rings is 1. The number of amides is 1. The molecule has 168 valence electrons. The Morgan fingerprint density at radius 2 is 1.94 bits per heavy atom. The fraction of sp³-hybridized carbons (Fsp3) is 0.250. The minimum absolute atomic E-state index is 0.0940. The molecule has 1 fully saturated rings. The van der Waals surface area contributed by atoms with E-state index in [1.807, 2.05) is 29.3 Å². The van der Waals surface area contributed by atoms with Crippen molar-refractivity contribution in [1.82, 2.24) is 9.58 Å². The molecule has 2 unspecified atom stereocenters. The van der Waals surface area contributed by atoms with E-state index in [-0.39, 0.29) is 33.1 Å². The Morgan fingerprint density at radius 1 is 1.09 bits per heavy atom. The molecule has 1 saturated heterocycles. The molecule has 9 heteroatoms. The molecule has 3 aliphatic heterocycles. The van der Waals surface area contributed by atoms with Gasteiger partial charge in [-0.2, -0.15) is 0 Å². The van der Waals surface area contributed by atoms with E-state index in [2.05, 4.69) is 6.07 Å². The number of aromatic nitrogens is 1. The molecule has 1 amide bonds. The summed E-state index contributed by atoms with van der Waals surface area (Å²) in [6.07, 6.45) is 0.956. The quantitative estimate of drug-likeness (QED) is 0.494. The van der Waals surface area contributed by atoms with Crippen molar-refractivity contribution < 1.29 is 19.0 Å². The first-order chi connectivity index (χ1) is 16.1. The van der Waals surface area contributed by atoms with Gasteiger partial charge in [-0.15, -0.1) is 0 Å². The maximum atomic E-state index is 15.5. The summed E-state index contributed by atoms with van der Waals surface area (Å²) in [5.74, 6) is -1.36. The van der Waals surface area contributed by atoms with Gasteiger partial charge in [0.1, 0.15) is 0 Å². The van der Waals surface area contributed by atoms with Crippen LogP contribution in [0, 0.1) is 5.82 Å². The van der Waals surface area contributed by atoms with Crippen LogP contribution in [0.1, 0.15) is 33.2 Å². The van der Waals surface area contributed by atoms with E-state index in [1.54, 1.807) is 11.0 Å². The van der Waals surface area contributed by atoms with Crippen molar-refractivity contribution in [3.63, 3.8) is 0 Å². The number of rotatable bonds is 1. The number of nitrogens with zero attached hydrogens (tertiary/aromatic N) is 3. The van der Waals surface area contributed by atoms with Gasteiger partial charge in [0.15, 0.2) is 0 Å². The average Bonchev–Trinajstić information content (AvgIpc) is 3.00.